The molecule has 0 amide bonds. The highest BCUT2D eigenvalue weighted by Gasteiger charge is 1.97. The largest absolute Gasteiger partial charge is 0.481 e. The maximum absolute atomic E-state index is 10.3. The highest BCUT2D eigenvalue weighted by molar-refractivity contribution is 7.98. The molecule has 0 unspecified atom stereocenters. The van der Waals surface area contributed by atoms with Crippen LogP contribution >= 0.6 is 23.4 Å². The van der Waals surface area contributed by atoms with Gasteiger partial charge in [-0.3, -0.25) is 4.79 Å². The molecule has 1 N–H and O–H groups in total. The first kappa shape index (κ1) is 14.4. The predicted molar refractivity (Wildman–Crippen MR) is 73.7 cm³/mol. The number of halogens is 1. The van der Waals surface area contributed by atoms with E-state index < -0.39 is 5.97 Å². The number of aliphatic carboxylic acids is 1. The number of carboxylic acid groups (broad SMARTS) is 1. The molecule has 1 rings (SSSR count). The Morgan fingerprint density at radius 2 is 1.88 bits per heavy atom. The van der Waals surface area contributed by atoms with Crippen LogP contribution in [0, 0.1) is 0 Å². The van der Waals surface area contributed by atoms with Crippen LogP contribution in [0.2, 0.25) is 5.02 Å². The summed E-state index contributed by atoms with van der Waals surface area (Å²) in [7, 11) is 0. The van der Waals surface area contributed by atoms with Gasteiger partial charge in [0.15, 0.2) is 0 Å². The Morgan fingerprint density at radius 3 is 2.53 bits per heavy atom. The summed E-state index contributed by atoms with van der Waals surface area (Å²) in [6.45, 7) is 0. The number of hydrogen-bond acceptors (Lipinski definition) is 2. The molecular weight excluding hydrogens is 256 g/mol. The van der Waals surface area contributed by atoms with Gasteiger partial charge >= 0.3 is 5.97 Å². The number of thioether (sulfide) groups is 1. The van der Waals surface area contributed by atoms with Crippen molar-refractivity contribution in [2.45, 2.75) is 31.4 Å². The van der Waals surface area contributed by atoms with Crippen LogP contribution in [0.1, 0.15) is 31.2 Å². The Balaban J connectivity index is 2.01. The third-order valence-electron chi connectivity index (χ3n) is 2.36. The van der Waals surface area contributed by atoms with Gasteiger partial charge in [-0.1, -0.05) is 30.2 Å². The van der Waals surface area contributed by atoms with Crippen LogP contribution in [0.25, 0.3) is 0 Å². The molecule has 0 atom stereocenters. The van der Waals surface area contributed by atoms with E-state index in [1.807, 2.05) is 36.0 Å². The second-order valence-electron chi connectivity index (χ2n) is 3.88. The molecule has 17 heavy (non-hydrogen) atoms. The van der Waals surface area contributed by atoms with Gasteiger partial charge < -0.3 is 5.11 Å². The van der Waals surface area contributed by atoms with Crippen LogP contribution in [0.5, 0.6) is 0 Å². The van der Waals surface area contributed by atoms with Crippen LogP contribution in [0.3, 0.4) is 0 Å². The van der Waals surface area contributed by atoms with E-state index in [1.54, 1.807) is 0 Å². The van der Waals surface area contributed by atoms with E-state index in [4.69, 9.17) is 16.7 Å². The second-order valence-corrected chi connectivity index (χ2v) is 5.43. The summed E-state index contributed by atoms with van der Waals surface area (Å²) in [5.74, 6) is 1.39. The van der Waals surface area contributed by atoms with Gasteiger partial charge in [0.25, 0.3) is 0 Å². The molecule has 0 saturated heterocycles. The van der Waals surface area contributed by atoms with Gasteiger partial charge in [0.05, 0.1) is 0 Å². The van der Waals surface area contributed by atoms with E-state index in [2.05, 4.69) is 0 Å². The molecule has 94 valence electrons. The smallest absolute Gasteiger partial charge is 0.303 e. The van der Waals surface area contributed by atoms with E-state index in [0.717, 1.165) is 35.8 Å². The van der Waals surface area contributed by atoms with Crippen molar-refractivity contribution in [2.24, 2.45) is 0 Å². The monoisotopic (exact) mass is 272 g/mol. The third-order valence-corrected chi connectivity index (χ3v) is 3.73. The second kappa shape index (κ2) is 8.43. The van der Waals surface area contributed by atoms with Gasteiger partial charge in [0.1, 0.15) is 0 Å². The minimum absolute atomic E-state index is 0.294. The van der Waals surface area contributed by atoms with Gasteiger partial charge in [0.2, 0.25) is 0 Å². The molecule has 0 bridgehead atoms. The Kier molecular flexibility index (Phi) is 7.13. The van der Waals surface area contributed by atoms with Crippen LogP contribution in [0.15, 0.2) is 24.3 Å². The van der Waals surface area contributed by atoms with Gasteiger partial charge in [-0.15, -0.1) is 0 Å². The van der Waals surface area contributed by atoms with Crippen molar-refractivity contribution in [2.75, 3.05) is 5.75 Å². The first-order valence-electron chi connectivity index (χ1n) is 5.72. The summed E-state index contributed by atoms with van der Waals surface area (Å²) in [6, 6.07) is 7.90. The summed E-state index contributed by atoms with van der Waals surface area (Å²) in [5, 5.41) is 9.24. The lowest BCUT2D eigenvalue weighted by Crippen LogP contribution is -1.94. The Bertz CT molecular complexity index is 338. The van der Waals surface area contributed by atoms with Crippen molar-refractivity contribution in [3.63, 3.8) is 0 Å². The zero-order chi connectivity index (χ0) is 12.5. The lowest BCUT2D eigenvalue weighted by atomic mass is 10.2. The van der Waals surface area contributed by atoms with Crippen LogP contribution in [0.4, 0.5) is 0 Å². The van der Waals surface area contributed by atoms with Crippen molar-refractivity contribution < 1.29 is 9.90 Å². The summed E-state index contributed by atoms with van der Waals surface area (Å²) < 4.78 is 0. The number of unbranched alkanes of at least 4 members (excludes halogenated alkanes) is 2. The SMILES string of the molecule is O=C(O)CCCCCSCc1ccc(Cl)cc1. The zero-order valence-electron chi connectivity index (χ0n) is 9.69. The maximum Gasteiger partial charge on any atom is 0.303 e. The molecule has 2 nitrogen and oxygen atoms in total. The van der Waals surface area contributed by atoms with Crippen molar-refractivity contribution in [3.8, 4) is 0 Å². The molecule has 4 heteroatoms. The minimum Gasteiger partial charge on any atom is -0.481 e. The first-order valence-corrected chi connectivity index (χ1v) is 7.26. The lowest BCUT2D eigenvalue weighted by Gasteiger charge is -2.02. The van der Waals surface area contributed by atoms with Gasteiger partial charge in [-0.2, -0.15) is 11.8 Å². The summed E-state index contributed by atoms with van der Waals surface area (Å²) in [5.41, 5.74) is 1.28. The van der Waals surface area contributed by atoms with Gasteiger partial charge in [-0.05, 0) is 36.3 Å². The quantitative estimate of drug-likeness (QED) is 0.720. The zero-order valence-corrected chi connectivity index (χ0v) is 11.3. The fourth-order valence-electron chi connectivity index (χ4n) is 1.43. The van der Waals surface area contributed by atoms with Crippen molar-refractivity contribution in [1.82, 2.24) is 0 Å². The molecule has 0 aliphatic carbocycles. The fourth-order valence-corrected chi connectivity index (χ4v) is 2.53. The molecule has 0 saturated carbocycles. The van der Waals surface area contributed by atoms with Crippen LogP contribution in [-0.2, 0) is 10.5 Å². The average molecular weight is 273 g/mol. The maximum atomic E-state index is 10.3. The fraction of sp³-hybridized carbons (Fsp3) is 0.462. The van der Waals surface area contributed by atoms with E-state index in [9.17, 15) is 4.79 Å². The Morgan fingerprint density at radius 1 is 1.18 bits per heavy atom. The highest BCUT2D eigenvalue weighted by Crippen LogP contribution is 2.16. The third kappa shape index (κ3) is 7.29. The summed E-state index contributed by atoms with van der Waals surface area (Å²) in [4.78, 5) is 10.3. The summed E-state index contributed by atoms with van der Waals surface area (Å²) >= 11 is 7.68. The molecule has 0 aliphatic rings. The number of hydrogen-bond donors (Lipinski definition) is 1. The number of carbonyl (C=O) groups is 1. The average Bonchev–Trinajstić information content (AvgIpc) is 2.30. The Hall–Kier alpha value is -0.670. The molecule has 0 fully saturated rings. The molecule has 0 heterocycles. The van der Waals surface area contributed by atoms with Crippen molar-refractivity contribution in [3.05, 3.63) is 34.9 Å². The number of rotatable bonds is 8. The highest BCUT2D eigenvalue weighted by atomic mass is 35.5. The van der Waals surface area contributed by atoms with Crippen LogP contribution < -0.4 is 0 Å². The minimum atomic E-state index is -0.696. The predicted octanol–water partition coefficient (Wildman–Crippen LogP) is 4.22. The van der Waals surface area contributed by atoms with E-state index in [0.29, 0.717) is 6.42 Å². The van der Waals surface area contributed by atoms with Crippen LogP contribution in [-0.4, -0.2) is 16.8 Å². The standard InChI is InChI=1S/C13H17ClO2S/c14-12-7-5-11(6-8-12)10-17-9-3-1-2-4-13(15)16/h5-8H,1-4,9-10H2,(H,15,16). The topological polar surface area (TPSA) is 37.3 Å². The summed E-state index contributed by atoms with van der Waals surface area (Å²) in [6.07, 6.45) is 3.17. The Labute approximate surface area is 111 Å². The normalized spacial score (nSPS) is 10.4. The molecule has 0 aromatic heterocycles. The first-order chi connectivity index (χ1) is 8.18. The molecule has 1 aromatic carbocycles. The van der Waals surface area contributed by atoms with E-state index >= 15 is 0 Å². The van der Waals surface area contributed by atoms with Gasteiger partial charge in [0, 0.05) is 17.2 Å². The molecule has 0 spiro atoms. The van der Waals surface area contributed by atoms with Crippen molar-refractivity contribution >= 4 is 29.3 Å². The molecule has 1 aromatic rings. The molecule has 0 radical (unpaired) electrons. The lowest BCUT2D eigenvalue weighted by molar-refractivity contribution is -0.137. The van der Waals surface area contributed by atoms with E-state index in [1.165, 1.54) is 5.56 Å². The number of benzene rings is 1. The number of carboxylic acids is 1. The molecular formula is C13H17ClO2S. The van der Waals surface area contributed by atoms with Gasteiger partial charge in [-0.25, -0.2) is 0 Å². The van der Waals surface area contributed by atoms with Crippen molar-refractivity contribution in [1.29, 1.82) is 0 Å². The van der Waals surface area contributed by atoms with E-state index in [-0.39, 0.29) is 0 Å². The molecule has 0 aliphatic heterocycles.